The molecule has 2 aromatic carbocycles. The summed E-state index contributed by atoms with van der Waals surface area (Å²) in [5.41, 5.74) is 0.569. The molecule has 0 radical (unpaired) electrons. The van der Waals surface area contributed by atoms with E-state index >= 15 is 0 Å². The van der Waals surface area contributed by atoms with Gasteiger partial charge in [-0.3, -0.25) is 24.7 Å². The Hall–Kier alpha value is -3.08. The lowest BCUT2D eigenvalue weighted by molar-refractivity contribution is -0.116. The Labute approximate surface area is 133 Å². The van der Waals surface area contributed by atoms with Crippen molar-refractivity contribution in [2.45, 2.75) is 13.0 Å². The number of para-hydroxylation sites is 1. The lowest BCUT2D eigenvalue weighted by Crippen LogP contribution is -2.54. The highest BCUT2D eigenvalue weighted by Gasteiger charge is 2.42. The van der Waals surface area contributed by atoms with Crippen LogP contribution in [-0.2, 0) is 4.79 Å². The molecule has 2 aromatic rings. The molecule has 0 saturated heterocycles. The van der Waals surface area contributed by atoms with Crippen molar-refractivity contribution in [1.29, 1.82) is 5.41 Å². The number of amides is 1. The van der Waals surface area contributed by atoms with Crippen LogP contribution in [-0.4, -0.2) is 29.2 Å². The monoisotopic (exact) mass is 306 g/mol. The van der Waals surface area contributed by atoms with E-state index in [0.717, 1.165) is 0 Å². The molecule has 1 aliphatic rings. The minimum atomic E-state index is -1.22. The smallest absolute Gasteiger partial charge is 0.224 e. The van der Waals surface area contributed by atoms with Crippen LogP contribution >= 0.6 is 0 Å². The Morgan fingerprint density at radius 2 is 1.52 bits per heavy atom. The van der Waals surface area contributed by atoms with E-state index in [-0.39, 0.29) is 16.8 Å². The van der Waals surface area contributed by atoms with Gasteiger partial charge in [0.15, 0.2) is 5.78 Å². The number of ketones is 2. The van der Waals surface area contributed by atoms with E-state index in [9.17, 15) is 14.4 Å². The van der Waals surface area contributed by atoms with Gasteiger partial charge in [0.25, 0.3) is 0 Å². The van der Waals surface area contributed by atoms with Crippen LogP contribution in [0.5, 0.6) is 0 Å². The number of benzene rings is 2. The zero-order chi connectivity index (χ0) is 16.6. The summed E-state index contributed by atoms with van der Waals surface area (Å²) in [5, 5.41) is 8.12. The van der Waals surface area contributed by atoms with Crippen LogP contribution in [0.15, 0.2) is 54.6 Å². The largest absolute Gasteiger partial charge is 0.299 e. The van der Waals surface area contributed by atoms with Crippen molar-refractivity contribution in [3.63, 3.8) is 0 Å². The number of nitrogens with zero attached hydrogens (tertiary/aromatic N) is 1. The van der Waals surface area contributed by atoms with Crippen molar-refractivity contribution in [3.05, 3.63) is 65.7 Å². The average Bonchev–Trinajstić information content (AvgIpc) is 2.57. The van der Waals surface area contributed by atoms with Crippen LogP contribution in [0.2, 0.25) is 0 Å². The maximum atomic E-state index is 12.8. The second-order valence-corrected chi connectivity index (χ2v) is 5.28. The maximum Gasteiger partial charge on any atom is 0.224 e. The van der Waals surface area contributed by atoms with Crippen molar-refractivity contribution in [1.82, 2.24) is 0 Å². The average molecular weight is 306 g/mol. The first-order chi connectivity index (χ1) is 11.0. The third kappa shape index (κ3) is 2.36. The van der Waals surface area contributed by atoms with E-state index in [0.29, 0.717) is 5.69 Å². The predicted molar refractivity (Wildman–Crippen MR) is 86.2 cm³/mol. The zero-order valence-corrected chi connectivity index (χ0v) is 12.4. The number of hydrogen-bond acceptors (Lipinski definition) is 4. The van der Waals surface area contributed by atoms with Gasteiger partial charge in [-0.15, -0.1) is 0 Å². The van der Waals surface area contributed by atoms with Crippen LogP contribution < -0.4 is 4.90 Å². The fourth-order valence-corrected chi connectivity index (χ4v) is 2.79. The second-order valence-electron chi connectivity index (χ2n) is 5.28. The van der Waals surface area contributed by atoms with E-state index in [1.54, 1.807) is 48.5 Å². The van der Waals surface area contributed by atoms with Crippen LogP contribution in [0.3, 0.4) is 0 Å². The summed E-state index contributed by atoms with van der Waals surface area (Å²) in [5.74, 6) is -1.33. The number of hydrogen-bond donors (Lipinski definition) is 1. The first-order valence-corrected chi connectivity index (χ1v) is 7.13. The molecule has 0 aromatic heterocycles. The Balaban J connectivity index is 2.15. The summed E-state index contributed by atoms with van der Waals surface area (Å²) in [7, 11) is 0. The zero-order valence-electron chi connectivity index (χ0n) is 12.4. The first-order valence-electron chi connectivity index (χ1n) is 7.13. The minimum Gasteiger partial charge on any atom is -0.299 e. The molecule has 1 N–H and O–H groups in total. The van der Waals surface area contributed by atoms with E-state index in [1.165, 1.54) is 17.9 Å². The Morgan fingerprint density at radius 1 is 0.957 bits per heavy atom. The van der Waals surface area contributed by atoms with Gasteiger partial charge in [0, 0.05) is 23.7 Å². The molecule has 0 bridgehead atoms. The maximum absolute atomic E-state index is 12.8. The van der Waals surface area contributed by atoms with E-state index in [2.05, 4.69) is 0 Å². The normalized spacial score (nSPS) is 16.9. The van der Waals surface area contributed by atoms with E-state index in [1.807, 2.05) is 0 Å². The molecule has 1 atom stereocenters. The van der Waals surface area contributed by atoms with Crippen molar-refractivity contribution in [2.24, 2.45) is 0 Å². The number of rotatable bonds is 2. The number of anilines is 1. The Kier molecular flexibility index (Phi) is 3.62. The predicted octanol–water partition coefficient (Wildman–Crippen LogP) is 2.51. The van der Waals surface area contributed by atoms with Gasteiger partial charge in [-0.2, -0.15) is 0 Å². The van der Waals surface area contributed by atoms with Crippen LogP contribution in [0, 0.1) is 5.41 Å². The van der Waals surface area contributed by atoms with Crippen molar-refractivity contribution in [2.75, 3.05) is 4.90 Å². The topological polar surface area (TPSA) is 78.3 Å². The summed E-state index contributed by atoms with van der Waals surface area (Å²) in [6, 6.07) is 13.8. The van der Waals surface area contributed by atoms with Crippen LogP contribution in [0.25, 0.3) is 0 Å². The highest BCUT2D eigenvalue weighted by Crippen LogP contribution is 2.26. The molecular formula is C18H14N2O3. The molecule has 1 amide bonds. The third-order valence-corrected chi connectivity index (χ3v) is 3.84. The molecule has 3 rings (SSSR count). The minimum absolute atomic E-state index is 0.218. The Morgan fingerprint density at radius 3 is 2.13 bits per heavy atom. The molecule has 0 fully saturated rings. The van der Waals surface area contributed by atoms with Gasteiger partial charge < -0.3 is 0 Å². The van der Waals surface area contributed by atoms with Gasteiger partial charge in [-0.05, 0) is 12.1 Å². The number of carbonyl (C=O) groups excluding carboxylic acids is 3. The number of fused-ring (bicyclic) bond motifs is 1. The summed E-state index contributed by atoms with van der Waals surface area (Å²) in [6.07, 6.45) is 0. The van der Waals surface area contributed by atoms with E-state index in [4.69, 9.17) is 5.41 Å². The lowest BCUT2D eigenvalue weighted by Gasteiger charge is -2.33. The molecular weight excluding hydrogens is 292 g/mol. The molecule has 0 aliphatic heterocycles. The molecule has 0 spiro atoms. The van der Waals surface area contributed by atoms with E-state index < -0.39 is 23.5 Å². The highest BCUT2D eigenvalue weighted by atomic mass is 16.2. The van der Waals surface area contributed by atoms with Gasteiger partial charge in [-0.25, -0.2) is 0 Å². The molecule has 0 heterocycles. The summed E-state index contributed by atoms with van der Waals surface area (Å²) in [6.45, 7) is 1.32. The molecule has 23 heavy (non-hydrogen) atoms. The third-order valence-electron chi connectivity index (χ3n) is 3.84. The van der Waals surface area contributed by atoms with Crippen molar-refractivity contribution < 1.29 is 14.4 Å². The number of nitrogens with one attached hydrogen (secondary N) is 1. The highest BCUT2D eigenvalue weighted by molar-refractivity contribution is 6.55. The standard InChI is InChI=1S/C18H14N2O3/c1-11(21)20(12-7-3-2-4-8-12)16-15(19)17(22)13-9-5-6-10-14(13)18(16)23/h2-10,16,19H,1H3/t16-/m1/s1. The molecule has 5 heteroatoms. The molecule has 1 aliphatic carbocycles. The summed E-state index contributed by atoms with van der Waals surface area (Å²) in [4.78, 5) is 38.5. The molecule has 0 unspecified atom stereocenters. The molecule has 5 nitrogen and oxygen atoms in total. The fraction of sp³-hybridized carbons (Fsp3) is 0.111. The Bertz CT molecular complexity index is 827. The second kappa shape index (κ2) is 5.61. The summed E-state index contributed by atoms with van der Waals surface area (Å²) < 4.78 is 0. The van der Waals surface area contributed by atoms with Gasteiger partial charge in [0.05, 0.1) is 0 Å². The number of Topliss-reactive ketones (excluding diaryl/α,β-unsaturated/α-hetero) is 2. The van der Waals surface area contributed by atoms with Gasteiger partial charge in [0.1, 0.15) is 11.8 Å². The van der Waals surface area contributed by atoms with Crippen molar-refractivity contribution >= 4 is 28.9 Å². The molecule has 0 saturated carbocycles. The van der Waals surface area contributed by atoms with Gasteiger partial charge >= 0.3 is 0 Å². The summed E-state index contributed by atoms with van der Waals surface area (Å²) >= 11 is 0. The van der Waals surface area contributed by atoms with Gasteiger partial charge in [-0.1, -0.05) is 42.5 Å². The molecule has 114 valence electrons. The van der Waals surface area contributed by atoms with Crippen molar-refractivity contribution in [3.8, 4) is 0 Å². The number of carbonyl (C=O) groups is 3. The van der Waals surface area contributed by atoms with Crippen LogP contribution in [0.1, 0.15) is 27.6 Å². The fourth-order valence-electron chi connectivity index (χ4n) is 2.79. The van der Waals surface area contributed by atoms with Crippen LogP contribution in [0.4, 0.5) is 5.69 Å². The quantitative estimate of drug-likeness (QED) is 0.926. The SMILES string of the molecule is CC(=O)N(c1ccccc1)[C@@H]1C(=N)C(=O)c2ccccc2C1=O. The lowest BCUT2D eigenvalue weighted by atomic mass is 9.83. The van der Waals surface area contributed by atoms with Gasteiger partial charge in [0.2, 0.25) is 11.7 Å². The first kappa shape index (κ1) is 14.8.